The predicted octanol–water partition coefficient (Wildman–Crippen LogP) is 2.78. The first kappa shape index (κ1) is 26.8. The van der Waals surface area contributed by atoms with Crippen LogP contribution in [0.5, 0.6) is 5.75 Å². The summed E-state index contributed by atoms with van der Waals surface area (Å²) in [6.07, 6.45) is -3.09. The molecule has 28 heavy (non-hydrogen) atoms. The molecule has 0 radical (unpaired) electrons. The van der Waals surface area contributed by atoms with Gasteiger partial charge in [-0.15, -0.1) is 0 Å². The van der Waals surface area contributed by atoms with E-state index in [0.717, 1.165) is 5.52 Å². The smallest absolute Gasteiger partial charge is 0.870 e. The summed E-state index contributed by atoms with van der Waals surface area (Å²) in [4.78, 5) is 11.3. The molecule has 1 unspecified atom stereocenters. The fourth-order valence-electron chi connectivity index (χ4n) is 2.25. The summed E-state index contributed by atoms with van der Waals surface area (Å²) in [5.41, 5.74) is 2.28. The van der Waals surface area contributed by atoms with Gasteiger partial charge in [0.05, 0.1) is 33.3 Å². The van der Waals surface area contributed by atoms with Crippen LogP contribution >= 0.6 is 0 Å². The third-order valence-electron chi connectivity index (χ3n) is 3.50. The van der Waals surface area contributed by atoms with Gasteiger partial charge >= 0.3 is 43.9 Å². The molecule has 0 aliphatic carbocycles. The number of pyridine rings is 1. The summed E-state index contributed by atoms with van der Waals surface area (Å²) in [7, 11) is -1.51. The fraction of sp³-hybridized carbons (Fsp3) is 0.250. The van der Waals surface area contributed by atoms with Gasteiger partial charge in [0.15, 0.2) is 11.8 Å². The van der Waals surface area contributed by atoms with Crippen molar-refractivity contribution >= 4 is 59.6 Å². The Morgan fingerprint density at radius 1 is 1.18 bits per heavy atom. The molecule has 2 heterocycles. The SMILES string of the molecule is Cc1c(OCC(F)(F)F)ccnc1CS(=O)c1nc2ccccc2[nH]1.[Ca+2].[OH-].[OH-]. The number of halogens is 3. The molecule has 3 rings (SSSR count). The van der Waals surface area contributed by atoms with Crippen molar-refractivity contribution in [3.63, 3.8) is 0 Å². The number of alkyl halides is 3. The predicted molar refractivity (Wildman–Crippen MR) is 96.4 cm³/mol. The van der Waals surface area contributed by atoms with Crippen LogP contribution < -0.4 is 4.74 Å². The van der Waals surface area contributed by atoms with Crippen molar-refractivity contribution in [3.8, 4) is 5.75 Å². The third kappa shape index (κ3) is 6.68. The first-order chi connectivity index (χ1) is 11.8. The quantitative estimate of drug-likeness (QED) is 0.604. The van der Waals surface area contributed by atoms with Crippen LogP contribution in [0.2, 0.25) is 0 Å². The van der Waals surface area contributed by atoms with Crippen molar-refractivity contribution in [1.29, 1.82) is 0 Å². The molecule has 0 bridgehead atoms. The van der Waals surface area contributed by atoms with E-state index in [0.29, 0.717) is 21.9 Å². The van der Waals surface area contributed by atoms with E-state index in [9.17, 15) is 17.4 Å². The Balaban J connectivity index is 0.00000243. The molecule has 2 aromatic heterocycles. The molecule has 12 heteroatoms. The van der Waals surface area contributed by atoms with Crippen LogP contribution in [0.4, 0.5) is 13.2 Å². The molecule has 0 amide bonds. The first-order valence-corrected chi connectivity index (χ1v) is 8.62. The molecule has 0 saturated heterocycles. The van der Waals surface area contributed by atoms with Crippen LogP contribution in [-0.4, -0.2) is 80.6 Å². The zero-order valence-corrected chi connectivity index (χ0v) is 17.8. The van der Waals surface area contributed by atoms with E-state index in [-0.39, 0.29) is 60.2 Å². The maximum Gasteiger partial charge on any atom is 2.00 e. The molecular weight excluding hydrogens is 427 g/mol. The van der Waals surface area contributed by atoms with Gasteiger partial charge in [0.2, 0.25) is 0 Å². The van der Waals surface area contributed by atoms with Crippen molar-refractivity contribution in [2.75, 3.05) is 6.61 Å². The molecule has 3 N–H and O–H groups in total. The largest absolute Gasteiger partial charge is 2.00 e. The maximum absolute atomic E-state index is 12.5. The van der Waals surface area contributed by atoms with E-state index in [1.54, 1.807) is 13.0 Å². The Bertz CT molecular complexity index is 904. The number of fused-ring (bicyclic) bond motifs is 1. The second kappa shape index (κ2) is 11.1. The number of aromatic amines is 1. The normalized spacial score (nSPS) is 11.7. The summed E-state index contributed by atoms with van der Waals surface area (Å²) in [6.45, 7) is 0.202. The molecule has 7 nitrogen and oxygen atoms in total. The standard InChI is InChI=1S/C16H14F3N3O2S.Ca.2H2O/c1-10-13(20-7-6-14(10)24-9-16(17,18)19)8-25(23)15-21-11-4-2-3-5-12(11)22-15;;;/h2-7H,8-9H2,1H3,(H,21,22);;2*1H2/q;+2;;/p-2. The topological polar surface area (TPSA) is 128 Å². The number of rotatable bonds is 5. The van der Waals surface area contributed by atoms with Gasteiger partial charge in [0.1, 0.15) is 5.75 Å². The van der Waals surface area contributed by atoms with Crippen molar-refractivity contribution in [2.24, 2.45) is 0 Å². The molecule has 0 saturated carbocycles. The number of hydrogen-bond donors (Lipinski definition) is 1. The van der Waals surface area contributed by atoms with E-state index in [2.05, 4.69) is 15.0 Å². The average Bonchev–Trinajstić information content (AvgIpc) is 2.99. The zero-order chi connectivity index (χ0) is 18.0. The van der Waals surface area contributed by atoms with Gasteiger partial charge in [-0.05, 0) is 25.1 Å². The Kier molecular flexibility index (Phi) is 10.6. The first-order valence-electron chi connectivity index (χ1n) is 7.30. The minimum atomic E-state index is -4.42. The Labute approximate surface area is 190 Å². The molecule has 1 aromatic carbocycles. The summed E-state index contributed by atoms with van der Waals surface area (Å²) < 4.78 is 54.2. The van der Waals surface area contributed by atoms with Gasteiger partial charge in [-0.25, -0.2) is 4.98 Å². The van der Waals surface area contributed by atoms with Gasteiger partial charge in [0, 0.05) is 11.8 Å². The molecule has 0 aliphatic rings. The molecule has 148 valence electrons. The Morgan fingerprint density at radius 3 is 2.50 bits per heavy atom. The van der Waals surface area contributed by atoms with Crippen molar-refractivity contribution in [2.45, 2.75) is 24.0 Å². The monoisotopic (exact) mass is 443 g/mol. The van der Waals surface area contributed by atoms with Crippen LogP contribution in [0.1, 0.15) is 11.3 Å². The molecule has 1 atom stereocenters. The number of nitrogens with zero attached hydrogens (tertiary/aromatic N) is 2. The van der Waals surface area contributed by atoms with E-state index < -0.39 is 23.6 Å². The van der Waals surface area contributed by atoms with Gasteiger partial charge in [-0.3, -0.25) is 9.19 Å². The van der Waals surface area contributed by atoms with Crippen LogP contribution in [-0.2, 0) is 16.6 Å². The fourth-order valence-corrected chi connectivity index (χ4v) is 3.35. The average molecular weight is 443 g/mol. The van der Waals surface area contributed by atoms with Gasteiger partial charge in [0.25, 0.3) is 0 Å². The van der Waals surface area contributed by atoms with Gasteiger partial charge < -0.3 is 20.7 Å². The second-order valence-electron chi connectivity index (χ2n) is 5.33. The number of benzene rings is 1. The third-order valence-corrected chi connectivity index (χ3v) is 4.66. The maximum atomic E-state index is 12.5. The van der Waals surface area contributed by atoms with Gasteiger partial charge in [-0.1, -0.05) is 12.1 Å². The summed E-state index contributed by atoms with van der Waals surface area (Å²) in [5, 5.41) is 0.295. The summed E-state index contributed by atoms with van der Waals surface area (Å²) in [6, 6.07) is 8.62. The van der Waals surface area contributed by atoms with Gasteiger partial charge in [-0.2, -0.15) is 13.2 Å². The summed E-state index contributed by atoms with van der Waals surface area (Å²) in [5.74, 6) is 0.0958. The number of ether oxygens (including phenoxy) is 1. The number of imidazole rings is 1. The molecular formula is C16H16CaF3N3O4S. The number of H-pyrrole nitrogens is 1. The van der Waals surface area contributed by atoms with E-state index in [1.165, 1.54) is 12.3 Å². The van der Waals surface area contributed by atoms with Crippen LogP contribution in [0.3, 0.4) is 0 Å². The number of hydrogen-bond acceptors (Lipinski definition) is 6. The Morgan fingerprint density at radius 2 is 1.86 bits per heavy atom. The van der Waals surface area contributed by atoms with Crippen molar-refractivity contribution in [3.05, 3.63) is 47.8 Å². The molecule has 0 aliphatic heterocycles. The molecule has 3 aromatic rings. The summed E-state index contributed by atoms with van der Waals surface area (Å²) >= 11 is 0. The minimum absolute atomic E-state index is 0. The van der Waals surface area contributed by atoms with Crippen LogP contribution in [0, 0.1) is 6.92 Å². The van der Waals surface area contributed by atoms with E-state index in [1.807, 2.05) is 18.2 Å². The van der Waals surface area contributed by atoms with Crippen molar-refractivity contribution < 1.29 is 33.1 Å². The van der Waals surface area contributed by atoms with E-state index in [4.69, 9.17) is 4.74 Å². The van der Waals surface area contributed by atoms with Crippen LogP contribution in [0.15, 0.2) is 41.7 Å². The number of nitrogens with one attached hydrogen (secondary N) is 1. The van der Waals surface area contributed by atoms with E-state index >= 15 is 0 Å². The minimum Gasteiger partial charge on any atom is -0.870 e. The number of para-hydroxylation sites is 2. The Hall–Kier alpha value is -1.24. The van der Waals surface area contributed by atoms with Crippen LogP contribution in [0.25, 0.3) is 11.0 Å². The molecule has 0 spiro atoms. The molecule has 0 fully saturated rings. The van der Waals surface area contributed by atoms with Crippen molar-refractivity contribution in [1.82, 2.24) is 15.0 Å². The second-order valence-corrected chi connectivity index (χ2v) is 6.70. The number of aromatic nitrogens is 3. The zero-order valence-electron chi connectivity index (χ0n) is 14.7.